The molecule has 0 amide bonds. The molecule has 4 fully saturated rings. The maximum atomic E-state index is 6.81. The first-order valence-electron chi connectivity index (χ1n) is 11.5. The lowest BCUT2D eigenvalue weighted by Crippen LogP contribution is -2.62. The molecule has 1 aliphatic heterocycles. The summed E-state index contributed by atoms with van der Waals surface area (Å²) in [5, 5.41) is 1.33. The van der Waals surface area contributed by atoms with E-state index in [9.17, 15) is 0 Å². The highest BCUT2D eigenvalue weighted by Gasteiger charge is 2.66. The fourth-order valence-corrected chi connectivity index (χ4v) is 8.25. The monoisotopic (exact) mass is 383 g/mol. The molecule has 29 heavy (non-hydrogen) atoms. The van der Waals surface area contributed by atoms with E-state index in [0.29, 0.717) is 6.04 Å². The van der Waals surface area contributed by atoms with Crippen LogP contribution in [0, 0.1) is 30.6 Å². The Morgan fingerprint density at radius 1 is 0.862 bits per heavy atom. The molecule has 1 spiro atoms. The quantitative estimate of drug-likeness (QED) is 0.451. The molecule has 1 unspecified atom stereocenters. The van der Waals surface area contributed by atoms with E-state index >= 15 is 0 Å². The maximum absolute atomic E-state index is 6.81. The van der Waals surface area contributed by atoms with Crippen LogP contribution in [0.1, 0.15) is 62.0 Å². The summed E-state index contributed by atoms with van der Waals surface area (Å²) in [7, 11) is 0. The second kappa shape index (κ2) is 5.47. The largest absolute Gasteiger partial charge is 0.458 e. The summed E-state index contributed by atoms with van der Waals surface area (Å²) in [6.07, 6.45) is 7.03. The maximum Gasteiger partial charge on any atom is 0.136 e. The first-order valence-corrected chi connectivity index (χ1v) is 11.5. The second-order valence-electron chi connectivity index (χ2n) is 10.3. The number of para-hydroxylation sites is 2. The van der Waals surface area contributed by atoms with Crippen LogP contribution in [-0.2, 0) is 5.54 Å². The molecule has 0 saturated heterocycles. The zero-order chi connectivity index (χ0) is 19.3. The third-order valence-corrected chi connectivity index (χ3v) is 8.96. The van der Waals surface area contributed by atoms with Crippen LogP contribution in [0.4, 0.5) is 5.69 Å². The third kappa shape index (κ3) is 1.89. The molecule has 148 valence electrons. The minimum atomic E-state index is 0.0489. The molecule has 3 aromatic rings. The van der Waals surface area contributed by atoms with Crippen molar-refractivity contribution < 1.29 is 4.42 Å². The molecule has 2 heterocycles. The molecular formula is C27H29NO. The van der Waals surface area contributed by atoms with E-state index in [0.717, 1.165) is 29.3 Å². The van der Waals surface area contributed by atoms with Crippen LogP contribution >= 0.6 is 0 Å². The molecule has 4 aliphatic carbocycles. The van der Waals surface area contributed by atoms with Gasteiger partial charge in [0.05, 0.1) is 6.04 Å². The van der Waals surface area contributed by atoms with Crippen molar-refractivity contribution in [2.24, 2.45) is 23.7 Å². The van der Waals surface area contributed by atoms with E-state index in [2.05, 4.69) is 67.3 Å². The SMILES string of the molecule is Cc1ccccc1N1C(C)c2c(oc3ccccc23)C12C1CC3CC(C1)CC2C3. The van der Waals surface area contributed by atoms with Crippen molar-refractivity contribution in [1.82, 2.24) is 0 Å². The molecule has 0 N–H and O–H groups in total. The van der Waals surface area contributed by atoms with Crippen molar-refractivity contribution in [2.75, 3.05) is 4.90 Å². The van der Waals surface area contributed by atoms with Crippen molar-refractivity contribution in [1.29, 1.82) is 0 Å². The highest BCUT2D eigenvalue weighted by atomic mass is 16.3. The summed E-state index contributed by atoms with van der Waals surface area (Å²) in [5.74, 6) is 4.67. The van der Waals surface area contributed by atoms with Gasteiger partial charge in [0, 0.05) is 16.6 Å². The summed E-state index contributed by atoms with van der Waals surface area (Å²) in [5.41, 5.74) is 5.41. The predicted molar refractivity (Wildman–Crippen MR) is 117 cm³/mol. The van der Waals surface area contributed by atoms with Gasteiger partial charge in [0.2, 0.25) is 0 Å². The summed E-state index contributed by atoms with van der Waals surface area (Å²) < 4.78 is 6.81. The van der Waals surface area contributed by atoms with E-state index in [1.54, 1.807) is 0 Å². The average Bonchev–Trinajstić information content (AvgIpc) is 3.21. The van der Waals surface area contributed by atoms with E-state index < -0.39 is 0 Å². The van der Waals surface area contributed by atoms with Gasteiger partial charge in [0.25, 0.3) is 0 Å². The zero-order valence-electron chi connectivity index (χ0n) is 17.4. The topological polar surface area (TPSA) is 16.4 Å². The second-order valence-corrected chi connectivity index (χ2v) is 10.3. The summed E-state index contributed by atoms with van der Waals surface area (Å²) in [4.78, 5) is 2.83. The third-order valence-electron chi connectivity index (χ3n) is 8.96. The van der Waals surface area contributed by atoms with Crippen LogP contribution in [0.5, 0.6) is 0 Å². The number of furan rings is 1. The van der Waals surface area contributed by atoms with E-state index in [1.807, 2.05) is 0 Å². The Labute approximate surface area is 172 Å². The van der Waals surface area contributed by atoms with E-state index in [-0.39, 0.29) is 5.54 Å². The summed E-state index contributed by atoms with van der Waals surface area (Å²) in [6, 6.07) is 18.1. The van der Waals surface area contributed by atoms with Gasteiger partial charge in [-0.1, -0.05) is 36.4 Å². The van der Waals surface area contributed by atoms with Gasteiger partial charge in [0.15, 0.2) is 0 Å². The van der Waals surface area contributed by atoms with E-state index in [4.69, 9.17) is 4.42 Å². The smallest absolute Gasteiger partial charge is 0.136 e. The fourth-order valence-electron chi connectivity index (χ4n) is 8.25. The molecule has 4 saturated carbocycles. The lowest BCUT2D eigenvalue weighted by molar-refractivity contribution is -0.0679. The highest BCUT2D eigenvalue weighted by molar-refractivity contribution is 5.86. The number of benzene rings is 2. The normalized spacial score (nSPS) is 37.0. The van der Waals surface area contributed by atoms with Gasteiger partial charge in [-0.15, -0.1) is 0 Å². The van der Waals surface area contributed by atoms with Gasteiger partial charge < -0.3 is 9.32 Å². The lowest BCUT2D eigenvalue weighted by Gasteiger charge is -2.63. The molecule has 8 rings (SSSR count). The number of aryl methyl sites for hydroxylation is 1. The van der Waals surface area contributed by atoms with Crippen molar-refractivity contribution >= 4 is 16.7 Å². The van der Waals surface area contributed by atoms with Crippen LogP contribution in [0.15, 0.2) is 52.9 Å². The molecule has 2 aromatic carbocycles. The van der Waals surface area contributed by atoms with Crippen molar-refractivity contribution in [3.8, 4) is 0 Å². The van der Waals surface area contributed by atoms with Crippen LogP contribution in [0.3, 0.4) is 0 Å². The van der Waals surface area contributed by atoms with Crippen LogP contribution in [-0.4, -0.2) is 0 Å². The minimum absolute atomic E-state index is 0.0489. The number of hydrogen-bond acceptors (Lipinski definition) is 2. The Balaban J connectivity index is 1.54. The minimum Gasteiger partial charge on any atom is -0.458 e. The van der Waals surface area contributed by atoms with Crippen LogP contribution < -0.4 is 4.90 Å². The number of fused-ring (bicyclic) bond motifs is 3. The Hall–Kier alpha value is -2.22. The fraction of sp³-hybridized carbons (Fsp3) is 0.481. The Kier molecular flexibility index (Phi) is 3.13. The lowest BCUT2D eigenvalue weighted by atomic mass is 9.48. The zero-order valence-corrected chi connectivity index (χ0v) is 17.4. The molecule has 5 aliphatic rings. The van der Waals surface area contributed by atoms with E-state index in [1.165, 1.54) is 60.1 Å². The van der Waals surface area contributed by atoms with Crippen LogP contribution in [0.2, 0.25) is 0 Å². The Morgan fingerprint density at radius 3 is 2.24 bits per heavy atom. The highest BCUT2D eigenvalue weighted by Crippen LogP contribution is 2.69. The molecule has 2 heteroatoms. The van der Waals surface area contributed by atoms with Crippen molar-refractivity contribution in [3.63, 3.8) is 0 Å². The summed E-state index contributed by atoms with van der Waals surface area (Å²) in [6.45, 7) is 4.71. The average molecular weight is 384 g/mol. The van der Waals surface area contributed by atoms with Crippen molar-refractivity contribution in [3.05, 3.63) is 65.4 Å². The predicted octanol–water partition coefficient (Wildman–Crippen LogP) is 6.97. The van der Waals surface area contributed by atoms with Gasteiger partial charge in [0.1, 0.15) is 16.9 Å². The van der Waals surface area contributed by atoms with Gasteiger partial charge in [-0.2, -0.15) is 0 Å². The van der Waals surface area contributed by atoms with Gasteiger partial charge in [-0.05, 0) is 87.3 Å². The first-order chi connectivity index (χ1) is 14.2. The number of rotatable bonds is 1. The van der Waals surface area contributed by atoms with Crippen LogP contribution in [0.25, 0.3) is 11.0 Å². The van der Waals surface area contributed by atoms with Gasteiger partial charge in [-0.25, -0.2) is 0 Å². The number of nitrogens with zero attached hydrogens (tertiary/aromatic N) is 1. The molecule has 1 aromatic heterocycles. The number of anilines is 1. The molecule has 1 atom stereocenters. The standard InChI is InChI=1S/C27H29NO/c1-16-7-3-5-9-23(16)28-17(2)25-22-8-4-6-10-24(22)29-26(25)27(28)20-12-18-11-19(14-20)15-21(27)13-18/h3-10,17-21H,11-15H2,1-2H3. The van der Waals surface area contributed by atoms with Gasteiger partial charge >= 0.3 is 0 Å². The first kappa shape index (κ1) is 16.6. The van der Waals surface area contributed by atoms with Gasteiger partial charge in [-0.3, -0.25) is 0 Å². The summed E-state index contributed by atoms with van der Waals surface area (Å²) >= 11 is 0. The Morgan fingerprint density at radius 2 is 1.52 bits per heavy atom. The molecule has 2 nitrogen and oxygen atoms in total. The Bertz CT molecular complexity index is 1100. The number of hydrogen-bond donors (Lipinski definition) is 0. The molecular weight excluding hydrogens is 354 g/mol. The molecule has 0 radical (unpaired) electrons. The van der Waals surface area contributed by atoms with Crippen molar-refractivity contribution in [2.45, 2.75) is 57.5 Å². The molecule has 4 bridgehead atoms.